The normalized spacial score (nSPS) is 21.7. The molecule has 2 aliphatic heterocycles. The van der Waals surface area contributed by atoms with Crippen molar-refractivity contribution in [2.75, 3.05) is 48.0 Å². The molecule has 0 aromatic heterocycles. The molecule has 31 heavy (non-hydrogen) atoms. The Morgan fingerprint density at radius 3 is 2.55 bits per heavy atom. The topological polar surface area (TPSA) is 83.6 Å². The van der Waals surface area contributed by atoms with Crippen LogP contribution in [0.25, 0.3) is 0 Å². The number of anilines is 2. The summed E-state index contributed by atoms with van der Waals surface area (Å²) >= 11 is 1.83. The van der Waals surface area contributed by atoms with Gasteiger partial charge in [-0.3, -0.25) is 5.32 Å². The molecule has 10 heteroatoms. The van der Waals surface area contributed by atoms with Gasteiger partial charge in [0, 0.05) is 36.7 Å². The molecule has 1 aromatic carbocycles. The van der Waals surface area contributed by atoms with E-state index in [0.717, 1.165) is 24.6 Å². The van der Waals surface area contributed by atoms with Crippen LogP contribution in [0.5, 0.6) is 5.75 Å². The summed E-state index contributed by atoms with van der Waals surface area (Å²) in [7, 11) is -1.85. The molecule has 2 heterocycles. The van der Waals surface area contributed by atoms with E-state index in [4.69, 9.17) is 19.0 Å². The summed E-state index contributed by atoms with van der Waals surface area (Å²) in [5.41, 5.74) is 0.524. The van der Waals surface area contributed by atoms with E-state index >= 15 is 0 Å². The van der Waals surface area contributed by atoms with Crippen molar-refractivity contribution in [1.29, 1.82) is 0 Å². The highest BCUT2D eigenvalue weighted by Gasteiger charge is 2.44. The molecule has 2 saturated heterocycles. The second-order valence-electron chi connectivity index (χ2n) is 9.42. The van der Waals surface area contributed by atoms with Crippen molar-refractivity contribution in [3.63, 3.8) is 0 Å². The lowest BCUT2D eigenvalue weighted by molar-refractivity contribution is 0.209. The molecule has 0 aliphatic carbocycles. The fourth-order valence-corrected chi connectivity index (χ4v) is 4.99. The number of amides is 1. The van der Waals surface area contributed by atoms with Crippen LogP contribution >= 0.6 is 11.8 Å². The molecule has 0 unspecified atom stereocenters. The van der Waals surface area contributed by atoms with Crippen molar-refractivity contribution in [2.24, 2.45) is 0 Å². The molecular weight excluding hydrogens is 439 g/mol. The van der Waals surface area contributed by atoms with E-state index in [1.165, 1.54) is 6.07 Å². The minimum atomic E-state index is -1.85. The molecule has 2 fully saturated rings. The number of nitrogens with one attached hydrogen (secondary N) is 1. The number of hydrogen-bond acceptors (Lipinski definition) is 6. The minimum Gasteiger partial charge on any atom is -0.489 e. The molecule has 174 valence electrons. The molecule has 7 nitrogen and oxygen atoms in total. The lowest BCUT2D eigenvalue weighted by Crippen LogP contribution is -2.41. The minimum absolute atomic E-state index is 0.0379. The Labute approximate surface area is 188 Å². The average molecular weight is 473 g/mol. The number of carboxylic acid groups (broad SMARTS) is 1. The third-order valence-corrected chi connectivity index (χ3v) is 11.6. The summed E-state index contributed by atoms with van der Waals surface area (Å²) in [5, 5.41) is 11.5. The van der Waals surface area contributed by atoms with E-state index in [-0.39, 0.29) is 29.5 Å². The van der Waals surface area contributed by atoms with Gasteiger partial charge in [-0.1, -0.05) is 20.8 Å². The number of carbonyl (C=O) groups is 1. The predicted octanol–water partition coefficient (Wildman–Crippen LogP) is 4.64. The fourth-order valence-electron chi connectivity index (χ4n) is 3.07. The van der Waals surface area contributed by atoms with E-state index in [2.05, 4.69) is 39.2 Å². The number of hydrogen-bond donors (Lipinski definition) is 2. The van der Waals surface area contributed by atoms with Crippen molar-refractivity contribution in [3.8, 4) is 5.75 Å². The Hall–Kier alpha value is -1.49. The van der Waals surface area contributed by atoms with Gasteiger partial charge in [0.25, 0.3) is 0 Å². The largest absolute Gasteiger partial charge is 0.489 e. The maximum atomic E-state index is 14.7. The monoisotopic (exact) mass is 472 g/mol. The Kier molecular flexibility index (Phi) is 7.45. The molecule has 0 spiro atoms. The Morgan fingerprint density at radius 1 is 1.29 bits per heavy atom. The Bertz CT molecular complexity index is 799. The second kappa shape index (κ2) is 9.56. The molecule has 2 aliphatic rings. The first-order valence-electron chi connectivity index (χ1n) is 10.6. The van der Waals surface area contributed by atoms with Gasteiger partial charge in [-0.05, 0) is 18.1 Å². The number of nitrogens with zero attached hydrogens (tertiary/aromatic N) is 1. The van der Waals surface area contributed by atoms with Gasteiger partial charge >= 0.3 is 6.09 Å². The second-order valence-corrected chi connectivity index (χ2v) is 15.5. The molecule has 2 N–H and O–H groups in total. The van der Waals surface area contributed by atoms with Crippen LogP contribution in [0.3, 0.4) is 0 Å². The third kappa shape index (κ3) is 6.27. The molecule has 0 bridgehead atoms. The Morgan fingerprint density at radius 2 is 1.94 bits per heavy atom. The van der Waals surface area contributed by atoms with Gasteiger partial charge in [0.2, 0.25) is 0 Å². The lowest BCUT2D eigenvalue weighted by atomic mass is 10.2. The summed E-state index contributed by atoms with van der Waals surface area (Å²) in [5.74, 6) is 1.69. The Balaban J connectivity index is 1.63. The zero-order valence-electron chi connectivity index (χ0n) is 18.9. The third-order valence-electron chi connectivity index (χ3n) is 6.15. The van der Waals surface area contributed by atoms with Crippen molar-refractivity contribution < 1.29 is 28.2 Å². The van der Waals surface area contributed by atoms with Crippen LogP contribution in [-0.4, -0.2) is 69.5 Å². The van der Waals surface area contributed by atoms with E-state index < -0.39 is 20.2 Å². The van der Waals surface area contributed by atoms with Gasteiger partial charge < -0.3 is 23.9 Å². The quantitative estimate of drug-likeness (QED) is 0.421. The first-order valence-corrected chi connectivity index (χ1v) is 14.6. The summed E-state index contributed by atoms with van der Waals surface area (Å²) in [6, 6.07) is 2.77. The van der Waals surface area contributed by atoms with E-state index in [0.29, 0.717) is 18.0 Å². The molecule has 0 saturated carbocycles. The first kappa shape index (κ1) is 24.2. The number of epoxide rings is 1. The van der Waals surface area contributed by atoms with Crippen LogP contribution in [0.2, 0.25) is 18.1 Å². The predicted molar refractivity (Wildman–Crippen MR) is 125 cm³/mol. The van der Waals surface area contributed by atoms with Gasteiger partial charge in [0.1, 0.15) is 30.4 Å². The first-order chi connectivity index (χ1) is 14.5. The lowest BCUT2D eigenvalue weighted by Gasteiger charge is -2.36. The van der Waals surface area contributed by atoms with Crippen LogP contribution in [0.1, 0.15) is 20.8 Å². The van der Waals surface area contributed by atoms with Gasteiger partial charge in [-0.25, -0.2) is 9.18 Å². The highest BCUT2D eigenvalue weighted by atomic mass is 32.2. The molecule has 2 atom stereocenters. The fraction of sp³-hybridized carbons (Fsp3) is 0.667. The van der Waals surface area contributed by atoms with Crippen molar-refractivity contribution >= 4 is 37.5 Å². The van der Waals surface area contributed by atoms with Crippen LogP contribution in [0, 0.1) is 5.82 Å². The zero-order chi connectivity index (χ0) is 22.8. The number of rotatable bonds is 8. The molecule has 1 aromatic rings. The van der Waals surface area contributed by atoms with E-state index in [1.807, 2.05) is 16.7 Å². The van der Waals surface area contributed by atoms with E-state index in [1.54, 1.807) is 6.07 Å². The zero-order valence-corrected chi connectivity index (χ0v) is 20.7. The van der Waals surface area contributed by atoms with Crippen molar-refractivity contribution in [3.05, 3.63) is 17.9 Å². The van der Waals surface area contributed by atoms with Crippen LogP contribution in [0.15, 0.2) is 12.1 Å². The van der Waals surface area contributed by atoms with Crippen molar-refractivity contribution in [2.45, 2.75) is 51.1 Å². The maximum Gasteiger partial charge on any atom is 0.409 e. The smallest absolute Gasteiger partial charge is 0.409 e. The molecule has 1 amide bonds. The summed E-state index contributed by atoms with van der Waals surface area (Å²) in [6.45, 7) is 13.2. The summed E-state index contributed by atoms with van der Waals surface area (Å²) in [6.07, 6.45) is -1.43. The van der Waals surface area contributed by atoms with Crippen LogP contribution in [-0.2, 0) is 9.16 Å². The summed E-state index contributed by atoms with van der Waals surface area (Å²) in [4.78, 5) is 13.1. The molecule has 3 rings (SSSR count). The highest BCUT2D eigenvalue weighted by molar-refractivity contribution is 7.99. The SMILES string of the molecule is CC(C)(C)[Si](C)(C)OC[C@@H]1O[C@@H]1COc1cc(N2CCSCC2)c(F)cc1NC(=O)O. The maximum absolute atomic E-state index is 14.7. The summed E-state index contributed by atoms with van der Waals surface area (Å²) < 4.78 is 32.4. The van der Waals surface area contributed by atoms with Gasteiger partial charge in [0.05, 0.1) is 18.0 Å². The van der Waals surface area contributed by atoms with Crippen molar-refractivity contribution in [1.82, 2.24) is 0 Å². The standard InChI is InChI=1S/C21H33FN2O5SSi/c1-21(2,3)31(4,5)28-13-19-18(29-19)12-27-17-11-16(24-6-8-30-9-7-24)14(22)10-15(17)23-20(25)26/h10-11,18-19,23H,6-9,12-13H2,1-5H3,(H,25,26)/t18-,19+/m1/s1. The molecule has 0 radical (unpaired) electrons. The van der Waals surface area contributed by atoms with E-state index in [9.17, 15) is 9.18 Å². The number of halogens is 1. The number of thioether (sulfide) groups is 1. The van der Waals surface area contributed by atoms with Gasteiger partial charge in [-0.15, -0.1) is 0 Å². The average Bonchev–Trinajstić information content (AvgIpc) is 3.44. The van der Waals surface area contributed by atoms with Crippen LogP contribution in [0.4, 0.5) is 20.6 Å². The highest BCUT2D eigenvalue weighted by Crippen LogP contribution is 2.38. The van der Waals surface area contributed by atoms with Crippen LogP contribution < -0.4 is 15.0 Å². The number of ether oxygens (including phenoxy) is 2. The van der Waals surface area contributed by atoms with Gasteiger partial charge in [0.15, 0.2) is 8.32 Å². The van der Waals surface area contributed by atoms with Gasteiger partial charge in [-0.2, -0.15) is 11.8 Å². The molecular formula is C21H33FN2O5SSi. The number of benzene rings is 1.